The third-order valence-corrected chi connectivity index (χ3v) is 3.36. The number of hydrogen-bond donors (Lipinski definition) is 1. The van der Waals surface area contributed by atoms with Crippen LogP contribution in [0.2, 0.25) is 5.02 Å². The van der Waals surface area contributed by atoms with Crippen molar-refractivity contribution in [3.63, 3.8) is 0 Å². The maximum Gasteiger partial charge on any atom is 0.350 e. The molecule has 1 aromatic carbocycles. The lowest BCUT2D eigenvalue weighted by atomic mass is 10.1. The number of aromatic nitrogens is 1. The molecule has 7 heteroatoms. The number of rotatable bonds is 2. The zero-order valence-corrected chi connectivity index (χ0v) is 10.8. The normalized spacial score (nSPS) is 10.4. The summed E-state index contributed by atoms with van der Waals surface area (Å²) in [7, 11) is 1.26. The molecule has 0 saturated heterocycles. The number of halogens is 2. The average molecular weight is 287 g/mol. The van der Waals surface area contributed by atoms with Crippen molar-refractivity contribution in [2.75, 3.05) is 12.8 Å². The molecular weight excluding hydrogens is 279 g/mol. The van der Waals surface area contributed by atoms with E-state index in [4.69, 9.17) is 17.3 Å². The lowest BCUT2D eigenvalue weighted by Crippen LogP contribution is -2.00. The number of nitrogens with zero attached hydrogens (tertiary/aromatic N) is 1. The van der Waals surface area contributed by atoms with Gasteiger partial charge in [0.25, 0.3) is 0 Å². The van der Waals surface area contributed by atoms with Crippen molar-refractivity contribution in [3.8, 4) is 11.3 Å². The highest BCUT2D eigenvalue weighted by Gasteiger charge is 2.19. The first kappa shape index (κ1) is 12.8. The highest BCUT2D eigenvalue weighted by atomic mass is 35.5. The van der Waals surface area contributed by atoms with E-state index in [1.807, 2.05) is 0 Å². The van der Waals surface area contributed by atoms with Crippen LogP contribution in [0, 0.1) is 5.82 Å². The molecule has 0 aliphatic carbocycles. The molecular formula is C11H8ClFN2O2S. The Hall–Kier alpha value is -1.66. The Morgan fingerprint density at radius 1 is 1.56 bits per heavy atom. The summed E-state index contributed by atoms with van der Waals surface area (Å²) in [6, 6.07) is 4.06. The summed E-state index contributed by atoms with van der Waals surface area (Å²) in [4.78, 5) is 15.9. The van der Waals surface area contributed by atoms with Crippen LogP contribution in [0.15, 0.2) is 18.2 Å². The summed E-state index contributed by atoms with van der Waals surface area (Å²) in [5.41, 5.74) is 6.42. The van der Waals surface area contributed by atoms with E-state index in [0.29, 0.717) is 11.3 Å². The molecule has 0 atom stereocenters. The average Bonchev–Trinajstić information content (AvgIpc) is 2.74. The van der Waals surface area contributed by atoms with Gasteiger partial charge >= 0.3 is 5.97 Å². The maximum absolute atomic E-state index is 13.1. The van der Waals surface area contributed by atoms with Gasteiger partial charge < -0.3 is 10.5 Å². The van der Waals surface area contributed by atoms with E-state index in [1.165, 1.54) is 25.3 Å². The van der Waals surface area contributed by atoms with Crippen molar-refractivity contribution in [2.45, 2.75) is 0 Å². The van der Waals surface area contributed by atoms with Crippen LogP contribution in [0.3, 0.4) is 0 Å². The number of thiazole rings is 1. The van der Waals surface area contributed by atoms with Crippen LogP contribution in [-0.4, -0.2) is 18.1 Å². The molecule has 1 aromatic heterocycles. The van der Waals surface area contributed by atoms with E-state index >= 15 is 0 Å². The summed E-state index contributed by atoms with van der Waals surface area (Å²) >= 11 is 6.70. The molecule has 4 nitrogen and oxygen atoms in total. The number of hydrogen-bond acceptors (Lipinski definition) is 5. The largest absolute Gasteiger partial charge is 0.465 e. The number of methoxy groups -OCH3 is 1. The molecule has 2 rings (SSSR count). The summed E-state index contributed by atoms with van der Waals surface area (Å²) in [6.07, 6.45) is 0. The number of carbonyl (C=O) groups excluding carboxylic acids is 1. The van der Waals surface area contributed by atoms with Crippen molar-refractivity contribution < 1.29 is 13.9 Å². The molecule has 0 fully saturated rings. The van der Waals surface area contributed by atoms with Crippen molar-refractivity contribution in [1.82, 2.24) is 4.98 Å². The summed E-state index contributed by atoms with van der Waals surface area (Å²) < 4.78 is 17.7. The van der Waals surface area contributed by atoms with E-state index < -0.39 is 11.8 Å². The molecule has 0 aliphatic heterocycles. The molecule has 0 radical (unpaired) electrons. The lowest BCUT2D eigenvalue weighted by molar-refractivity contribution is 0.0607. The van der Waals surface area contributed by atoms with Gasteiger partial charge in [0.1, 0.15) is 10.7 Å². The maximum atomic E-state index is 13.1. The van der Waals surface area contributed by atoms with E-state index in [1.54, 1.807) is 0 Å². The standard InChI is InChI=1S/C11H8ClFN2O2S/c1-17-10(16)9-8(15-11(14)18-9)5-2-3-7(13)6(12)4-5/h2-4H,1H3,(H2,14,15). The SMILES string of the molecule is COC(=O)c1sc(N)nc1-c1ccc(F)c(Cl)c1. The second kappa shape index (κ2) is 4.91. The Bertz CT molecular complexity index is 615. The van der Waals surface area contributed by atoms with Gasteiger partial charge in [-0.25, -0.2) is 14.2 Å². The van der Waals surface area contributed by atoms with Crippen molar-refractivity contribution in [3.05, 3.63) is 33.9 Å². The van der Waals surface area contributed by atoms with Crippen molar-refractivity contribution >= 4 is 34.0 Å². The van der Waals surface area contributed by atoms with E-state index in [9.17, 15) is 9.18 Å². The zero-order valence-electron chi connectivity index (χ0n) is 9.24. The van der Waals surface area contributed by atoms with Crippen LogP contribution in [0.4, 0.5) is 9.52 Å². The molecule has 0 amide bonds. The van der Waals surface area contributed by atoms with E-state index in [2.05, 4.69) is 9.72 Å². The van der Waals surface area contributed by atoms with Crippen LogP contribution in [0.5, 0.6) is 0 Å². The Morgan fingerprint density at radius 3 is 2.89 bits per heavy atom. The van der Waals surface area contributed by atoms with Gasteiger partial charge in [0.05, 0.1) is 17.8 Å². The number of carbonyl (C=O) groups is 1. The second-order valence-electron chi connectivity index (χ2n) is 3.35. The number of esters is 1. The number of nitrogen functional groups attached to an aromatic ring is 1. The van der Waals surface area contributed by atoms with Crippen LogP contribution in [-0.2, 0) is 4.74 Å². The monoisotopic (exact) mass is 286 g/mol. The number of benzene rings is 1. The molecule has 0 bridgehead atoms. The number of ether oxygens (including phenoxy) is 1. The first-order chi connectivity index (χ1) is 8.52. The highest BCUT2D eigenvalue weighted by Crippen LogP contribution is 2.32. The van der Waals surface area contributed by atoms with Crippen molar-refractivity contribution in [1.29, 1.82) is 0 Å². The van der Waals surface area contributed by atoms with Gasteiger partial charge in [0.15, 0.2) is 5.13 Å². The molecule has 0 aliphatic rings. The van der Waals surface area contributed by atoms with Gasteiger partial charge in [0.2, 0.25) is 0 Å². The Morgan fingerprint density at radius 2 is 2.28 bits per heavy atom. The minimum absolute atomic E-state index is 0.0464. The lowest BCUT2D eigenvalue weighted by Gasteiger charge is -2.02. The topological polar surface area (TPSA) is 65.2 Å². The molecule has 0 unspecified atom stereocenters. The van der Waals surface area contributed by atoms with Gasteiger partial charge in [-0.2, -0.15) is 0 Å². The summed E-state index contributed by atoms with van der Waals surface area (Å²) in [5.74, 6) is -1.08. The van der Waals surface area contributed by atoms with Crippen LogP contribution < -0.4 is 5.73 Å². The molecule has 94 valence electrons. The Kier molecular flexibility index (Phi) is 3.49. The fourth-order valence-electron chi connectivity index (χ4n) is 1.41. The van der Waals surface area contributed by atoms with Gasteiger partial charge in [-0.1, -0.05) is 22.9 Å². The van der Waals surface area contributed by atoms with Crippen LogP contribution in [0.25, 0.3) is 11.3 Å². The fourth-order valence-corrected chi connectivity index (χ4v) is 2.36. The van der Waals surface area contributed by atoms with Gasteiger partial charge in [-0.15, -0.1) is 0 Å². The predicted molar refractivity (Wildman–Crippen MR) is 68.3 cm³/mol. The third-order valence-electron chi connectivity index (χ3n) is 2.21. The van der Waals surface area contributed by atoms with Crippen LogP contribution in [0.1, 0.15) is 9.67 Å². The molecule has 1 heterocycles. The highest BCUT2D eigenvalue weighted by molar-refractivity contribution is 7.17. The van der Waals surface area contributed by atoms with E-state index in [0.717, 1.165) is 11.3 Å². The Balaban J connectivity index is 2.56. The minimum atomic E-state index is -0.542. The van der Waals surface area contributed by atoms with Gasteiger partial charge in [-0.3, -0.25) is 0 Å². The molecule has 0 saturated carbocycles. The van der Waals surface area contributed by atoms with Gasteiger partial charge in [0, 0.05) is 5.56 Å². The first-order valence-electron chi connectivity index (χ1n) is 4.83. The number of nitrogens with two attached hydrogens (primary N) is 1. The molecule has 2 N–H and O–H groups in total. The smallest absolute Gasteiger partial charge is 0.350 e. The van der Waals surface area contributed by atoms with Crippen LogP contribution >= 0.6 is 22.9 Å². The van der Waals surface area contributed by atoms with E-state index in [-0.39, 0.29) is 15.0 Å². The van der Waals surface area contributed by atoms with Crippen molar-refractivity contribution in [2.24, 2.45) is 0 Å². The third kappa shape index (κ3) is 2.30. The zero-order chi connectivity index (χ0) is 13.3. The molecule has 0 spiro atoms. The van der Waals surface area contributed by atoms with Gasteiger partial charge in [-0.05, 0) is 18.2 Å². The first-order valence-corrected chi connectivity index (χ1v) is 6.02. The fraction of sp³-hybridized carbons (Fsp3) is 0.0909. The quantitative estimate of drug-likeness (QED) is 0.862. The molecule has 2 aromatic rings. The minimum Gasteiger partial charge on any atom is -0.465 e. The molecule has 18 heavy (non-hydrogen) atoms. The second-order valence-corrected chi connectivity index (χ2v) is 4.79. The number of anilines is 1. The Labute approximate surface area is 111 Å². The summed E-state index contributed by atoms with van der Waals surface area (Å²) in [6.45, 7) is 0. The predicted octanol–water partition coefficient (Wildman–Crippen LogP) is 2.97. The summed E-state index contributed by atoms with van der Waals surface area (Å²) in [5, 5.41) is 0.181.